The van der Waals surface area contributed by atoms with Crippen LogP contribution < -0.4 is 5.32 Å². The van der Waals surface area contributed by atoms with Crippen molar-refractivity contribution in [3.05, 3.63) is 0 Å². The summed E-state index contributed by atoms with van der Waals surface area (Å²) in [5.74, 6) is -1.03. The number of aliphatic carboxylic acids is 1. The van der Waals surface area contributed by atoms with Crippen molar-refractivity contribution in [2.24, 2.45) is 0 Å². The Balaban J connectivity index is 2.55. The minimum atomic E-state index is -1.22. The van der Waals surface area contributed by atoms with Crippen LogP contribution in [0.25, 0.3) is 0 Å². The first-order valence-corrected chi connectivity index (χ1v) is 5.21. The van der Waals surface area contributed by atoms with Gasteiger partial charge in [-0.1, -0.05) is 0 Å². The third-order valence-corrected chi connectivity index (χ3v) is 2.92. The molecular formula is C10H18N2O4. The molecule has 0 bridgehead atoms. The van der Waals surface area contributed by atoms with Crippen molar-refractivity contribution in [1.82, 2.24) is 10.2 Å². The van der Waals surface area contributed by atoms with Gasteiger partial charge in [-0.05, 0) is 20.3 Å². The van der Waals surface area contributed by atoms with E-state index in [1.807, 2.05) is 0 Å². The van der Waals surface area contributed by atoms with Gasteiger partial charge in [0.2, 0.25) is 0 Å². The zero-order chi connectivity index (χ0) is 12.3. The number of hydrogen-bond donors (Lipinski definition) is 2. The van der Waals surface area contributed by atoms with E-state index in [1.54, 1.807) is 0 Å². The van der Waals surface area contributed by atoms with Crippen LogP contribution in [0.5, 0.6) is 0 Å². The lowest BCUT2D eigenvalue weighted by molar-refractivity contribution is -0.146. The molecule has 2 N–H and O–H groups in total. The Morgan fingerprint density at radius 3 is 2.56 bits per heavy atom. The maximum atomic E-state index is 11.7. The lowest BCUT2D eigenvalue weighted by Gasteiger charge is -2.32. The van der Waals surface area contributed by atoms with E-state index < -0.39 is 11.5 Å². The highest BCUT2D eigenvalue weighted by Gasteiger charge is 2.36. The second-order valence-corrected chi connectivity index (χ2v) is 4.43. The molecule has 1 heterocycles. The predicted molar refractivity (Wildman–Crippen MR) is 57.2 cm³/mol. The van der Waals surface area contributed by atoms with Crippen molar-refractivity contribution in [3.8, 4) is 0 Å². The molecule has 1 aliphatic rings. The van der Waals surface area contributed by atoms with Crippen LogP contribution in [0.2, 0.25) is 0 Å². The zero-order valence-electron chi connectivity index (χ0n) is 9.82. The molecule has 16 heavy (non-hydrogen) atoms. The fraction of sp³-hybridized carbons (Fsp3) is 0.800. The van der Waals surface area contributed by atoms with Gasteiger partial charge in [0.1, 0.15) is 5.54 Å². The smallest absolute Gasteiger partial charge is 0.329 e. The van der Waals surface area contributed by atoms with Gasteiger partial charge < -0.3 is 20.1 Å². The minimum absolute atomic E-state index is 0.0143. The normalized spacial score (nSPS) is 20.6. The molecule has 6 nitrogen and oxygen atoms in total. The summed E-state index contributed by atoms with van der Waals surface area (Å²) in [6.45, 7) is 4.10. The van der Waals surface area contributed by atoms with Crippen LogP contribution in [-0.2, 0) is 9.53 Å². The van der Waals surface area contributed by atoms with Gasteiger partial charge in [-0.25, -0.2) is 9.59 Å². The number of likely N-dealkylation sites (N-methyl/N-ethyl adjacent to an activating group) is 1. The van der Waals surface area contributed by atoms with E-state index in [0.29, 0.717) is 13.2 Å². The Morgan fingerprint density at radius 1 is 1.50 bits per heavy atom. The monoisotopic (exact) mass is 230 g/mol. The maximum absolute atomic E-state index is 11.7. The number of nitrogens with one attached hydrogen (secondary N) is 1. The topological polar surface area (TPSA) is 78.9 Å². The van der Waals surface area contributed by atoms with Crippen LogP contribution in [0.4, 0.5) is 4.79 Å². The standard InChI is InChI=1S/C10H18N2O4/c1-10(2,8(13)14)12(3)9(15)11-7-4-5-16-6-7/h7H,4-6H2,1-3H3,(H,11,15)(H,13,14). The number of nitrogens with zero attached hydrogens (tertiary/aromatic N) is 1. The fourth-order valence-electron chi connectivity index (χ4n) is 1.32. The summed E-state index contributed by atoms with van der Waals surface area (Å²) in [7, 11) is 1.47. The maximum Gasteiger partial charge on any atom is 0.329 e. The first-order valence-electron chi connectivity index (χ1n) is 5.21. The Hall–Kier alpha value is -1.30. The first kappa shape index (κ1) is 12.8. The summed E-state index contributed by atoms with van der Waals surface area (Å²) < 4.78 is 5.12. The average molecular weight is 230 g/mol. The van der Waals surface area contributed by atoms with Crippen molar-refractivity contribution in [2.45, 2.75) is 31.8 Å². The van der Waals surface area contributed by atoms with Gasteiger partial charge in [0.05, 0.1) is 12.6 Å². The second-order valence-electron chi connectivity index (χ2n) is 4.43. The summed E-state index contributed by atoms with van der Waals surface area (Å²) >= 11 is 0. The summed E-state index contributed by atoms with van der Waals surface area (Å²) in [5, 5.41) is 11.7. The molecule has 0 spiro atoms. The summed E-state index contributed by atoms with van der Waals surface area (Å²) in [5.41, 5.74) is -1.22. The number of carboxylic acid groups (broad SMARTS) is 1. The van der Waals surface area contributed by atoms with E-state index in [2.05, 4.69) is 5.32 Å². The Morgan fingerprint density at radius 2 is 2.12 bits per heavy atom. The molecule has 1 saturated heterocycles. The van der Waals surface area contributed by atoms with E-state index in [-0.39, 0.29) is 12.1 Å². The van der Waals surface area contributed by atoms with Crippen LogP contribution in [0.15, 0.2) is 0 Å². The van der Waals surface area contributed by atoms with Gasteiger partial charge in [0.15, 0.2) is 0 Å². The van der Waals surface area contributed by atoms with Crippen LogP contribution in [0, 0.1) is 0 Å². The van der Waals surface area contributed by atoms with Gasteiger partial charge in [0, 0.05) is 13.7 Å². The first-order chi connectivity index (χ1) is 7.35. The lowest BCUT2D eigenvalue weighted by Crippen LogP contribution is -2.55. The molecule has 0 aromatic carbocycles. The van der Waals surface area contributed by atoms with Crippen molar-refractivity contribution in [2.75, 3.05) is 20.3 Å². The van der Waals surface area contributed by atoms with Gasteiger partial charge in [-0.2, -0.15) is 0 Å². The molecule has 0 aromatic heterocycles. The van der Waals surface area contributed by atoms with Crippen molar-refractivity contribution in [3.63, 3.8) is 0 Å². The van der Waals surface area contributed by atoms with Crippen LogP contribution in [-0.4, -0.2) is 53.8 Å². The van der Waals surface area contributed by atoms with Crippen molar-refractivity contribution >= 4 is 12.0 Å². The second kappa shape index (κ2) is 4.69. The fourth-order valence-corrected chi connectivity index (χ4v) is 1.32. The number of ether oxygens (including phenoxy) is 1. The van der Waals surface area contributed by atoms with E-state index in [4.69, 9.17) is 9.84 Å². The summed E-state index contributed by atoms with van der Waals surface area (Å²) in [6, 6.07) is -0.401. The number of rotatable bonds is 3. The van der Waals surface area contributed by atoms with Crippen molar-refractivity contribution in [1.29, 1.82) is 0 Å². The number of urea groups is 1. The number of carbonyl (C=O) groups excluding carboxylic acids is 1. The van der Waals surface area contributed by atoms with Crippen LogP contribution in [0.3, 0.4) is 0 Å². The summed E-state index contributed by atoms with van der Waals surface area (Å²) in [4.78, 5) is 23.9. The highest BCUT2D eigenvalue weighted by atomic mass is 16.5. The average Bonchev–Trinajstić information content (AvgIpc) is 2.68. The highest BCUT2D eigenvalue weighted by molar-refractivity contribution is 5.85. The molecule has 2 amide bonds. The predicted octanol–water partition coefficient (Wildman–Crippen LogP) is 0.280. The lowest BCUT2D eigenvalue weighted by atomic mass is 10.0. The Bertz CT molecular complexity index is 285. The number of hydrogen-bond acceptors (Lipinski definition) is 3. The van der Waals surface area contributed by atoms with E-state index >= 15 is 0 Å². The quantitative estimate of drug-likeness (QED) is 0.730. The molecule has 0 saturated carbocycles. The zero-order valence-corrected chi connectivity index (χ0v) is 9.82. The molecule has 92 valence electrons. The Kier molecular flexibility index (Phi) is 3.74. The van der Waals surface area contributed by atoms with Gasteiger partial charge in [0.25, 0.3) is 0 Å². The molecule has 1 fully saturated rings. The highest BCUT2D eigenvalue weighted by Crippen LogP contribution is 2.13. The van der Waals surface area contributed by atoms with E-state index in [9.17, 15) is 9.59 Å². The van der Waals surface area contributed by atoms with E-state index in [0.717, 1.165) is 6.42 Å². The molecular weight excluding hydrogens is 212 g/mol. The molecule has 0 radical (unpaired) electrons. The van der Waals surface area contributed by atoms with Gasteiger partial charge in [-0.3, -0.25) is 0 Å². The molecule has 6 heteroatoms. The molecule has 1 rings (SSSR count). The van der Waals surface area contributed by atoms with Crippen LogP contribution >= 0.6 is 0 Å². The third-order valence-electron chi connectivity index (χ3n) is 2.92. The Labute approximate surface area is 94.6 Å². The van der Waals surface area contributed by atoms with Gasteiger partial charge >= 0.3 is 12.0 Å². The molecule has 0 aliphatic carbocycles. The van der Waals surface area contributed by atoms with Crippen LogP contribution in [0.1, 0.15) is 20.3 Å². The third kappa shape index (κ3) is 2.63. The molecule has 1 atom stereocenters. The summed E-state index contributed by atoms with van der Waals surface area (Å²) in [6.07, 6.45) is 0.771. The number of amides is 2. The van der Waals surface area contributed by atoms with E-state index in [1.165, 1.54) is 25.8 Å². The molecule has 1 aliphatic heterocycles. The number of carboxylic acids is 1. The minimum Gasteiger partial charge on any atom is -0.480 e. The number of carbonyl (C=O) groups is 2. The molecule has 0 aromatic rings. The largest absolute Gasteiger partial charge is 0.480 e. The van der Waals surface area contributed by atoms with Gasteiger partial charge in [-0.15, -0.1) is 0 Å². The molecule has 1 unspecified atom stereocenters. The van der Waals surface area contributed by atoms with Crippen molar-refractivity contribution < 1.29 is 19.4 Å². The SMILES string of the molecule is CN(C(=O)NC1CCOC1)C(C)(C)C(=O)O.